The van der Waals surface area contributed by atoms with Gasteiger partial charge in [-0.1, -0.05) is 41.4 Å². The predicted octanol–water partition coefficient (Wildman–Crippen LogP) is 3.73. The zero-order valence-corrected chi connectivity index (χ0v) is 10.9. The van der Waals surface area contributed by atoms with Crippen molar-refractivity contribution in [3.05, 3.63) is 33.8 Å². The van der Waals surface area contributed by atoms with E-state index in [0.29, 0.717) is 0 Å². The lowest BCUT2D eigenvalue weighted by molar-refractivity contribution is 0.556. The summed E-state index contributed by atoms with van der Waals surface area (Å²) in [6.45, 7) is 2.17. The van der Waals surface area contributed by atoms with Gasteiger partial charge in [0, 0.05) is 4.47 Å². The van der Waals surface area contributed by atoms with Crippen molar-refractivity contribution >= 4 is 22.0 Å². The van der Waals surface area contributed by atoms with Crippen LogP contribution in [0.5, 0.6) is 0 Å². The summed E-state index contributed by atoms with van der Waals surface area (Å²) in [5.74, 6) is 0. The summed E-state index contributed by atoms with van der Waals surface area (Å²) >= 11 is 3.58. The van der Waals surface area contributed by atoms with E-state index < -0.39 is 0 Å². The lowest BCUT2D eigenvalue weighted by Crippen LogP contribution is -2.02. The maximum Gasteiger partial charge on any atom is 0.235 e. The van der Waals surface area contributed by atoms with Crippen LogP contribution in [0.3, 0.4) is 0 Å². The van der Waals surface area contributed by atoms with Crippen LogP contribution in [0, 0.1) is 0 Å². The summed E-state index contributed by atoms with van der Waals surface area (Å²) < 4.78 is 1.12. The predicted molar refractivity (Wildman–Crippen MR) is 67.2 cm³/mol. The molecule has 1 aromatic carbocycles. The molecule has 84 valence electrons. The van der Waals surface area contributed by atoms with E-state index in [2.05, 4.69) is 46.0 Å². The lowest BCUT2D eigenvalue weighted by atomic mass is 10.0. The van der Waals surface area contributed by atoms with Gasteiger partial charge in [-0.05, 0) is 36.5 Å². The molecule has 0 bridgehead atoms. The van der Waals surface area contributed by atoms with Crippen molar-refractivity contribution in [3.63, 3.8) is 0 Å². The fourth-order valence-corrected chi connectivity index (χ4v) is 2.56. The Morgan fingerprint density at radius 3 is 2.75 bits per heavy atom. The molecule has 16 heavy (non-hydrogen) atoms. The van der Waals surface area contributed by atoms with Crippen LogP contribution in [0.15, 0.2) is 27.7 Å². The van der Waals surface area contributed by atoms with Gasteiger partial charge in [-0.15, -0.1) is 0 Å². The Labute approximate surface area is 104 Å². The minimum atomic E-state index is -0.255. The molecule has 2 nitrogen and oxygen atoms in total. The molecule has 0 spiro atoms. The Kier molecular flexibility index (Phi) is 3.27. The molecule has 0 atom stereocenters. The Hall–Kier alpha value is -0.920. The van der Waals surface area contributed by atoms with Crippen LogP contribution in [0.1, 0.15) is 37.3 Å². The molecule has 1 aromatic rings. The number of aryl methyl sites for hydroxylation is 1. The fraction of sp³-hybridized carbons (Fsp3) is 0.462. The Balaban J connectivity index is 2.31. The van der Waals surface area contributed by atoms with Crippen LogP contribution in [0.2, 0.25) is 0 Å². The number of isocyanates is 1. The molecule has 2 rings (SSSR count). The van der Waals surface area contributed by atoms with Gasteiger partial charge in [0.05, 0.1) is 5.54 Å². The normalized spacial score (nSPS) is 16.6. The zero-order chi connectivity index (χ0) is 11.6. The quantitative estimate of drug-likeness (QED) is 0.610. The molecule has 3 heteroatoms. The number of halogens is 1. The number of hydrogen-bond acceptors (Lipinski definition) is 2. The molecule has 0 radical (unpaired) electrons. The third kappa shape index (κ3) is 2.11. The molecule has 0 heterocycles. The van der Waals surface area contributed by atoms with Gasteiger partial charge >= 0.3 is 0 Å². The van der Waals surface area contributed by atoms with E-state index in [1.54, 1.807) is 6.08 Å². The van der Waals surface area contributed by atoms with Crippen LogP contribution in [0.4, 0.5) is 0 Å². The number of nitrogens with zero attached hydrogens (tertiary/aromatic N) is 1. The lowest BCUT2D eigenvalue weighted by Gasteiger charge is -2.11. The van der Waals surface area contributed by atoms with Crippen LogP contribution in [-0.2, 0) is 16.8 Å². The van der Waals surface area contributed by atoms with E-state index in [1.807, 2.05) is 0 Å². The number of carbonyl (C=O) groups excluding carboxylic acids is 1. The molecule has 0 aliphatic heterocycles. The molecule has 1 aliphatic rings. The molecule has 0 N–H and O–H groups in total. The van der Waals surface area contributed by atoms with Gasteiger partial charge < -0.3 is 0 Å². The van der Waals surface area contributed by atoms with Gasteiger partial charge in [0.15, 0.2) is 0 Å². The average Bonchev–Trinajstić information content (AvgIpc) is 3.03. The van der Waals surface area contributed by atoms with Crippen molar-refractivity contribution in [1.82, 2.24) is 0 Å². The first-order valence-corrected chi connectivity index (χ1v) is 6.39. The summed E-state index contributed by atoms with van der Waals surface area (Å²) in [5, 5.41) is 0. The summed E-state index contributed by atoms with van der Waals surface area (Å²) in [5.41, 5.74) is 2.19. The van der Waals surface area contributed by atoms with Gasteiger partial charge in [0.1, 0.15) is 0 Å². The van der Waals surface area contributed by atoms with E-state index >= 15 is 0 Å². The van der Waals surface area contributed by atoms with E-state index in [0.717, 1.165) is 35.7 Å². The van der Waals surface area contributed by atoms with Crippen molar-refractivity contribution < 1.29 is 4.79 Å². The highest BCUT2D eigenvalue weighted by Crippen LogP contribution is 2.49. The number of hydrogen-bond donors (Lipinski definition) is 0. The van der Waals surface area contributed by atoms with E-state index in [4.69, 9.17) is 0 Å². The monoisotopic (exact) mass is 279 g/mol. The van der Waals surface area contributed by atoms with Crippen molar-refractivity contribution in [2.75, 3.05) is 0 Å². The second-order valence-electron chi connectivity index (χ2n) is 4.29. The maximum absolute atomic E-state index is 10.4. The molecule has 0 amide bonds. The molecule has 0 aromatic heterocycles. The van der Waals surface area contributed by atoms with E-state index in [9.17, 15) is 4.79 Å². The van der Waals surface area contributed by atoms with Gasteiger partial charge in [-0.25, -0.2) is 4.79 Å². The summed E-state index contributed by atoms with van der Waals surface area (Å²) in [6.07, 6.45) is 5.82. The van der Waals surface area contributed by atoms with Crippen LogP contribution < -0.4 is 0 Å². The zero-order valence-electron chi connectivity index (χ0n) is 9.29. The smallest absolute Gasteiger partial charge is 0.211 e. The third-order valence-corrected chi connectivity index (χ3v) is 3.83. The Bertz CT molecular complexity index is 445. The minimum absolute atomic E-state index is 0.255. The van der Waals surface area contributed by atoms with Crippen LogP contribution in [-0.4, -0.2) is 6.08 Å². The highest BCUT2D eigenvalue weighted by molar-refractivity contribution is 9.10. The average molecular weight is 280 g/mol. The van der Waals surface area contributed by atoms with Crippen molar-refractivity contribution in [2.45, 2.75) is 38.1 Å². The van der Waals surface area contributed by atoms with Gasteiger partial charge in [0.2, 0.25) is 6.08 Å². The number of rotatable bonds is 4. The summed E-state index contributed by atoms with van der Waals surface area (Å²) in [4.78, 5) is 14.3. The molecular weight excluding hydrogens is 266 g/mol. The van der Waals surface area contributed by atoms with Gasteiger partial charge in [-0.2, -0.15) is 4.99 Å². The van der Waals surface area contributed by atoms with Crippen molar-refractivity contribution in [2.24, 2.45) is 4.99 Å². The number of aliphatic imine (C=N–C) groups is 1. The molecule has 1 fully saturated rings. The largest absolute Gasteiger partial charge is 0.235 e. The first-order valence-electron chi connectivity index (χ1n) is 5.60. The standard InChI is InChI=1S/C13H14BrNO/c1-2-3-10-4-5-11(8-12(10)14)13(6-7-13)15-9-16/h4-5,8H,2-3,6-7H2,1H3. The first-order chi connectivity index (χ1) is 7.72. The Morgan fingerprint density at radius 1 is 1.50 bits per heavy atom. The summed E-state index contributed by atoms with van der Waals surface area (Å²) in [6, 6.07) is 6.31. The van der Waals surface area contributed by atoms with E-state index in [-0.39, 0.29) is 5.54 Å². The maximum atomic E-state index is 10.4. The van der Waals surface area contributed by atoms with Crippen LogP contribution >= 0.6 is 15.9 Å². The molecule has 0 unspecified atom stereocenters. The first kappa shape index (κ1) is 11.6. The second-order valence-corrected chi connectivity index (χ2v) is 5.15. The van der Waals surface area contributed by atoms with E-state index in [1.165, 1.54) is 5.56 Å². The Morgan fingerprint density at radius 2 is 2.25 bits per heavy atom. The SMILES string of the molecule is CCCc1ccc(C2(N=C=O)CC2)cc1Br. The molecular formula is C13H14BrNO. The van der Waals surface area contributed by atoms with Gasteiger partial charge in [0.25, 0.3) is 0 Å². The number of benzene rings is 1. The topological polar surface area (TPSA) is 29.4 Å². The molecule has 1 saturated carbocycles. The van der Waals surface area contributed by atoms with Gasteiger partial charge in [-0.3, -0.25) is 0 Å². The summed E-state index contributed by atoms with van der Waals surface area (Å²) in [7, 11) is 0. The molecule has 0 saturated heterocycles. The van der Waals surface area contributed by atoms with Crippen molar-refractivity contribution in [1.29, 1.82) is 0 Å². The fourth-order valence-electron chi connectivity index (χ4n) is 1.98. The third-order valence-electron chi connectivity index (χ3n) is 3.09. The highest BCUT2D eigenvalue weighted by atomic mass is 79.9. The molecule has 1 aliphatic carbocycles. The van der Waals surface area contributed by atoms with Crippen molar-refractivity contribution in [3.8, 4) is 0 Å². The van der Waals surface area contributed by atoms with Crippen LogP contribution in [0.25, 0.3) is 0 Å². The minimum Gasteiger partial charge on any atom is -0.211 e. The highest BCUT2D eigenvalue weighted by Gasteiger charge is 2.44. The second kappa shape index (κ2) is 4.52.